The Bertz CT molecular complexity index is 716. The number of hydrogen-bond acceptors (Lipinski definition) is 2. The number of alkyl halides is 1. The van der Waals surface area contributed by atoms with Crippen LogP contribution < -0.4 is 0 Å². The summed E-state index contributed by atoms with van der Waals surface area (Å²) in [5.41, 5.74) is 4.30. The molecule has 110 valence electrons. The minimum absolute atomic E-state index is 0.0838. The molecule has 0 amide bonds. The molecule has 0 aliphatic rings. The summed E-state index contributed by atoms with van der Waals surface area (Å²) in [6, 6.07) is 6.32. The van der Waals surface area contributed by atoms with E-state index in [0.29, 0.717) is 0 Å². The first-order chi connectivity index (χ1) is 9.81. The Morgan fingerprint density at radius 2 is 2.00 bits per heavy atom. The van der Waals surface area contributed by atoms with Crippen LogP contribution in [-0.4, -0.2) is 4.98 Å². The summed E-state index contributed by atoms with van der Waals surface area (Å²) in [5, 5.41) is 1.90. The molecule has 2 rings (SSSR count). The summed E-state index contributed by atoms with van der Waals surface area (Å²) in [6.07, 6.45) is 4.09. The lowest BCUT2D eigenvalue weighted by atomic mass is 9.87. The molecule has 0 aliphatic carbocycles. The summed E-state index contributed by atoms with van der Waals surface area (Å²) in [4.78, 5) is 4.60. The number of benzene rings is 1. The third kappa shape index (κ3) is 3.92. The Hall–Kier alpha value is -1.19. The zero-order chi connectivity index (χ0) is 15.6. The fourth-order valence-electron chi connectivity index (χ4n) is 1.78. The molecule has 1 aromatic heterocycles. The summed E-state index contributed by atoms with van der Waals surface area (Å²) in [5.74, 6) is 0. The van der Waals surface area contributed by atoms with Crippen molar-refractivity contribution in [1.29, 1.82) is 0 Å². The maximum absolute atomic E-state index is 4.60. The second-order valence-corrected chi connectivity index (χ2v) is 7.73. The Kier molecular flexibility index (Phi) is 4.84. The van der Waals surface area contributed by atoms with Gasteiger partial charge in [-0.3, -0.25) is 0 Å². The number of allylic oxidation sites excluding steroid dienone is 4. The topological polar surface area (TPSA) is 12.9 Å². The van der Waals surface area contributed by atoms with E-state index in [9.17, 15) is 0 Å². The first kappa shape index (κ1) is 16.2. The number of halogens is 1. The van der Waals surface area contributed by atoms with Crippen LogP contribution in [0.3, 0.4) is 0 Å². The lowest BCUT2D eigenvalue weighted by molar-refractivity contribution is 0.519. The van der Waals surface area contributed by atoms with E-state index in [1.807, 2.05) is 6.08 Å². The lowest BCUT2D eigenvalue weighted by Gasteiger charge is -2.18. The van der Waals surface area contributed by atoms with E-state index in [4.69, 9.17) is 0 Å². The van der Waals surface area contributed by atoms with Crippen molar-refractivity contribution in [3.8, 4) is 0 Å². The zero-order valence-corrected chi connectivity index (χ0v) is 15.1. The minimum atomic E-state index is 0.0838. The number of fused-ring (bicyclic) bond motifs is 1. The molecule has 1 heterocycles. The molecule has 0 saturated heterocycles. The van der Waals surface area contributed by atoms with Crippen molar-refractivity contribution in [2.75, 3.05) is 0 Å². The molecule has 0 aliphatic heterocycles. The van der Waals surface area contributed by atoms with Crippen molar-refractivity contribution in [2.24, 2.45) is 5.41 Å². The van der Waals surface area contributed by atoms with Crippen LogP contribution in [0, 0.1) is 5.41 Å². The molecule has 0 fully saturated rings. The van der Waals surface area contributed by atoms with Crippen molar-refractivity contribution in [2.45, 2.75) is 26.1 Å². The van der Waals surface area contributed by atoms with Crippen LogP contribution in [0.4, 0.5) is 0 Å². The molecule has 1 aromatic carbocycles. The van der Waals surface area contributed by atoms with Gasteiger partial charge in [-0.2, -0.15) is 0 Å². The third-order valence-corrected chi connectivity index (χ3v) is 5.30. The Morgan fingerprint density at radius 1 is 1.29 bits per heavy atom. The van der Waals surface area contributed by atoms with E-state index >= 15 is 0 Å². The molecule has 0 radical (unpaired) electrons. The van der Waals surface area contributed by atoms with Gasteiger partial charge in [0.1, 0.15) is 5.01 Å². The average molecular weight is 362 g/mol. The van der Waals surface area contributed by atoms with E-state index in [2.05, 4.69) is 79.1 Å². The summed E-state index contributed by atoms with van der Waals surface area (Å²) >= 11 is 5.17. The highest BCUT2D eigenvalue weighted by Crippen LogP contribution is 2.28. The molecule has 0 spiro atoms. The van der Waals surface area contributed by atoms with Gasteiger partial charge in [0.25, 0.3) is 0 Å². The SMILES string of the molecule is C=C(/C=C\C(=C)C(C)(C)C)c1ccc2sc(CBr)nc2c1. The molecule has 2 aromatic rings. The van der Waals surface area contributed by atoms with Crippen LogP contribution in [0.5, 0.6) is 0 Å². The maximum Gasteiger partial charge on any atom is 0.104 e. The van der Waals surface area contributed by atoms with Gasteiger partial charge in [0.2, 0.25) is 0 Å². The van der Waals surface area contributed by atoms with Crippen molar-refractivity contribution < 1.29 is 0 Å². The van der Waals surface area contributed by atoms with Gasteiger partial charge in [-0.1, -0.05) is 68.1 Å². The molecule has 0 unspecified atom stereocenters. The van der Waals surface area contributed by atoms with Crippen LogP contribution in [0.2, 0.25) is 0 Å². The Balaban J connectivity index is 2.23. The van der Waals surface area contributed by atoms with Gasteiger partial charge in [0.15, 0.2) is 0 Å². The Morgan fingerprint density at radius 3 is 2.62 bits per heavy atom. The number of aromatic nitrogens is 1. The highest BCUT2D eigenvalue weighted by Gasteiger charge is 2.12. The second kappa shape index (κ2) is 6.29. The highest BCUT2D eigenvalue weighted by molar-refractivity contribution is 9.08. The van der Waals surface area contributed by atoms with E-state index in [0.717, 1.165) is 32.6 Å². The van der Waals surface area contributed by atoms with Crippen LogP contribution in [-0.2, 0) is 5.33 Å². The van der Waals surface area contributed by atoms with Crippen molar-refractivity contribution >= 4 is 43.1 Å². The number of nitrogens with zero attached hydrogens (tertiary/aromatic N) is 1. The normalized spacial score (nSPS) is 12.2. The first-order valence-electron chi connectivity index (χ1n) is 6.83. The standard InChI is InChI=1S/C18H20BrNS/c1-12(6-7-13(2)18(3,4)5)14-8-9-16-15(10-14)20-17(11-19)21-16/h6-10H,1-2,11H2,3-5H3/b7-6-. The number of thiazole rings is 1. The Labute approximate surface area is 139 Å². The molecule has 3 heteroatoms. The van der Waals surface area contributed by atoms with E-state index in [1.165, 1.54) is 4.70 Å². The van der Waals surface area contributed by atoms with Gasteiger partial charge < -0.3 is 0 Å². The van der Waals surface area contributed by atoms with Gasteiger partial charge in [-0.05, 0) is 34.3 Å². The number of hydrogen-bond donors (Lipinski definition) is 0. The van der Waals surface area contributed by atoms with Crippen LogP contribution in [0.1, 0.15) is 31.3 Å². The zero-order valence-electron chi connectivity index (χ0n) is 12.7. The van der Waals surface area contributed by atoms with Crippen molar-refractivity contribution in [3.63, 3.8) is 0 Å². The van der Waals surface area contributed by atoms with Crippen LogP contribution in [0.25, 0.3) is 15.8 Å². The fraction of sp³-hybridized carbons (Fsp3) is 0.278. The summed E-state index contributed by atoms with van der Waals surface area (Å²) in [6.45, 7) is 14.7. The van der Waals surface area contributed by atoms with Crippen molar-refractivity contribution in [1.82, 2.24) is 4.98 Å². The summed E-state index contributed by atoms with van der Waals surface area (Å²) in [7, 11) is 0. The van der Waals surface area contributed by atoms with Gasteiger partial charge in [-0.15, -0.1) is 11.3 Å². The van der Waals surface area contributed by atoms with Crippen LogP contribution >= 0.6 is 27.3 Å². The quantitative estimate of drug-likeness (QED) is 0.455. The van der Waals surface area contributed by atoms with E-state index in [1.54, 1.807) is 11.3 Å². The largest absolute Gasteiger partial charge is 0.240 e. The molecule has 1 nitrogen and oxygen atoms in total. The molecular weight excluding hydrogens is 342 g/mol. The first-order valence-corrected chi connectivity index (χ1v) is 8.77. The predicted octanol–water partition coefficient (Wildman–Crippen LogP) is 6.36. The summed E-state index contributed by atoms with van der Waals surface area (Å²) < 4.78 is 1.21. The van der Waals surface area contributed by atoms with Crippen LogP contribution in [0.15, 0.2) is 49.1 Å². The molecule has 0 bridgehead atoms. The molecule has 0 saturated carbocycles. The monoisotopic (exact) mass is 361 g/mol. The van der Waals surface area contributed by atoms with Gasteiger partial charge in [0, 0.05) is 0 Å². The van der Waals surface area contributed by atoms with E-state index < -0.39 is 0 Å². The van der Waals surface area contributed by atoms with Gasteiger partial charge >= 0.3 is 0 Å². The minimum Gasteiger partial charge on any atom is -0.240 e. The molecule has 0 atom stereocenters. The van der Waals surface area contributed by atoms with E-state index in [-0.39, 0.29) is 5.41 Å². The molecular formula is C18H20BrNS. The third-order valence-electron chi connectivity index (χ3n) is 3.37. The number of rotatable bonds is 4. The molecule has 21 heavy (non-hydrogen) atoms. The average Bonchev–Trinajstić information content (AvgIpc) is 2.85. The van der Waals surface area contributed by atoms with Gasteiger partial charge in [-0.25, -0.2) is 4.98 Å². The molecule has 0 N–H and O–H groups in total. The highest BCUT2D eigenvalue weighted by atomic mass is 79.9. The smallest absolute Gasteiger partial charge is 0.104 e. The second-order valence-electron chi connectivity index (χ2n) is 6.06. The predicted molar refractivity (Wildman–Crippen MR) is 99.0 cm³/mol. The van der Waals surface area contributed by atoms with Gasteiger partial charge in [0.05, 0.1) is 15.5 Å². The van der Waals surface area contributed by atoms with Crippen molar-refractivity contribution in [3.05, 3.63) is 59.7 Å². The lowest BCUT2D eigenvalue weighted by Crippen LogP contribution is -2.05. The maximum atomic E-state index is 4.60. The fourth-order valence-corrected chi connectivity index (χ4v) is 3.05.